The van der Waals surface area contributed by atoms with Crippen molar-refractivity contribution < 1.29 is 9.59 Å². The standard InChI is InChI=1S/C18H24ClN3O2/c1-13(14-5-6-14)20-17(23)12-21-7-9-22(10-8-21)18(24)15-3-2-4-16(19)11-15/h2-4,11,13-14H,5-10,12H2,1H3,(H,20,23)/t13-/m0/s1. The molecule has 1 N–H and O–H groups in total. The van der Waals surface area contributed by atoms with Crippen molar-refractivity contribution in [2.75, 3.05) is 32.7 Å². The lowest BCUT2D eigenvalue weighted by atomic mass is 10.2. The van der Waals surface area contributed by atoms with Crippen LogP contribution >= 0.6 is 11.6 Å². The van der Waals surface area contributed by atoms with Gasteiger partial charge in [-0.25, -0.2) is 0 Å². The number of hydrogen-bond donors (Lipinski definition) is 1. The molecule has 1 aromatic rings. The van der Waals surface area contributed by atoms with Crippen LogP contribution in [0, 0.1) is 5.92 Å². The van der Waals surface area contributed by atoms with E-state index < -0.39 is 0 Å². The van der Waals surface area contributed by atoms with Crippen molar-refractivity contribution >= 4 is 23.4 Å². The van der Waals surface area contributed by atoms with Crippen LogP contribution in [0.15, 0.2) is 24.3 Å². The Morgan fingerprint density at radius 3 is 2.58 bits per heavy atom. The average Bonchev–Trinajstić information content (AvgIpc) is 3.40. The summed E-state index contributed by atoms with van der Waals surface area (Å²) in [7, 11) is 0. The molecule has 0 radical (unpaired) electrons. The first-order valence-corrected chi connectivity index (χ1v) is 8.97. The van der Waals surface area contributed by atoms with Crippen molar-refractivity contribution in [3.63, 3.8) is 0 Å². The summed E-state index contributed by atoms with van der Waals surface area (Å²) >= 11 is 5.95. The Morgan fingerprint density at radius 2 is 1.96 bits per heavy atom. The minimum atomic E-state index is 0.00366. The summed E-state index contributed by atoms with van der Waals surface area (Å²) in [6.45, 7) is 5.20. The van der Waals surface area contributed by atoms with Gasteiger partial charge in [0.25, 0.3) is 5.91 Å². The molecule has 2 fully saturated rings. The highest BCUT2D eigenvalue weighted by molar-refractivity contribution is 6.30. The van der Waals surface area contributed by atoms with Crippen LogP contribution in [-0.2, 0) is 4.79 Å². The molecule has 1 aliphatic heterocycles. The molecule has 1 aromatic carbocycles. The highest BCUT2D eigenvalue weighted by Crippen LogP contribution is 2.32. The van der Waals surface area contributed by atoms with E-state index >= 15 is 0 Å². The van der Waals surface area contributed by atoms with E-state index in [-0.39, 0.29) is 17.9 Å². The number of nitrogens with one attached hydrogen (secondary N) is 1. The van der Waals surface area contributed by atoms with Gasteiger partial charge in [-0.1, -0.05) is 17.7 Å². The Kier molecular flexibility index (Phi) is 5.41. The molecular formula is C18H24ClN3O2. The zero-order chi connectivity index (χ0) is 17.1. The monoisotopic (exact) mass is 349 g/mol. The number of halogens is 1. The number of amides is 2. The molecule has 1 atom stereocenters. The summed E-state index contributed by atoms with van der Waals surface area (Å²) in [5, 5.41) is 3.65. The molecule has 0 unspecified atom stereocenters. The van der Waals surface area contributed by atoms with Crippen molar-refractivity contribution in [1.29, 1.82) is 0 Å². The van der Waals surface area contributed by atoms with Crippen LogP contribution < -0.4 is 5.32 Å². The van der Waals surface area contributed by atoms with E-state index in [0.717, 1.165) is 13.1 Å². The highest BCUT2D eigenvalue weighted by Gasteiger charge is 2.29. The van der Waals surface area contributed by atoms with E-state index in [9.17, 15) is 9.59 Å². The first-order chi connectivity index (χ1) is 11.5. The Labute approximate surface area is 147 Å². The average molecular weight is 350 g/mol. The Hall–Kier alpha value is -1.59. The van der Waals surface area contributed by atoms with E-state index in [2.05, 4.69) is 17.1 Å². The molecule has 0 bridgehead atoms. The van der Waals surface area contributed by atoms with Gasteiger partial charge in [0.2, 0.25) is 5.91 Å². The minimum Gasteiger partial charge on any atom is -0.352 e. The second-order valence-electron chi connectivity index (χ2n) is 6.77. The lowest BCUT2D eigenvalue weighted by Crippen LogP contribution is -2.51. The van der Waals surface area contributed by atoms with Gasteiger partial charge in [0.15, 0.2) is 0 Å². The van der Waals surface area contributed by atoms with Gasteiger partial charge >= 0.3 is 0 Å². The molecular weight excluding hydrogens is 326 g/mol. The topological polar surface area (TPSA) is 52.7 Å². The first-order valence-electron chi connectivity index (χ1n) is 8.59. The predicted octanol–water partition coefficient (Wildman–Crippen LogP) is 2.01. The number of piperazine rings is 1. The molecule has 3 rings (SSSR count). The van der Waals surface area contributed by atoms with Gasteiger partial charge in [0, 0.05) is 42.8 Å². The van der Waals surface area contributed by atoms with Gasteiger partial charge in [-0.15, -0.1) is 0 Å². The molecule has 1 saturated carbocycles. The number of benzene rings is 1. The Bertz CT molecular complexity index is 610. The third kappa shape index (κ3) is 4.48. The van der Waals surface area contributed by atoms with E-state index in [1.165, 1.54) is 12.8 Å². The first kappa shape index (κ1) is 17.2. The molecule has 1 saturated heterocycles. The van der Waals surface area contributed by atoms with E-state index in [4.69, 9.17) is 11.6 Å². The van der Waals surface area contributed by atoms with Crippen LogP contribution in [0.1, 0.15) is 30.1 Å². The predicted molar refractivity (Wildman–Crippen MR) is 94.1 cm³/mol. The molecule has 1 aliphatic carbocycles. The van der Waals surface area contributed by atoms with Gasteiger partial charge in [0.1, 0.15) is 0 Å². The SMILES string of the molecule is C[C@H](NC(=O)CN1CCN(C(=O)c2cccc(Cl)c2)CC1)C1CC1. The molecule has 6 heteroatoms. The Morgan fingerprint density at radius 1 is 1.25 bits per heavy atom. The smallest absolute Gasteiger partial charge is 0.253 e. The van der Waals surface area contributed by atoms with Crippen molar-refractivity contribution in [2.24, 2.45) is 5.92 Å². The highest BCUT2D eigenvalue weighted by atomic mass is 35.5. The van der Waals surface area contributed by atoms with E-state index in [1.807, 2.05) is 4.90 Å². The zero-order valence-corrected chi connectivity index (χ0v) is 14.8. The van der Waals surface area contributed by atoms with Crippen LogP contribution in [0.2, 0.25) is 5.02 Å². The van der Waals surface area contributed by atoms with Gasteiger partial charge in [0.05, 0.1) is 6.54 Å². The van der Waals surface area contributed by atoms with Crippen LogP contribution in [0.5, 0.6) is 0 Å². The summed E-state index contributed by atoms with van der Waals surface area (Å²) in [6.07, 6.45) is 2.46. The Balaban J connectivity index is 1.45. The van der Waals surface area contributed by atoms with Crippen LogP contribution in [0.4, 0.5) is 0 Å². The third-order valence-electron chi connectivity index (χ3n) is 4.82. The van der Waals surface area contributed by atoms with Crippen LogP contribution in [-0.4, -0.2) is 60.4 Å². The maximum atomic E-state index is 12.5. The molecule has 130 valence electrons. The van der Waals surface area contributed by atoms with Gasteiger partial charge in [-0.2, -0.15) is 0 Å². The molecule has 0 aromatic heterocycles. The second-order valence-corrected chi connectivity index (χ2v) is 7.21. The molecule has 24 heavy (non-hydrogen) atoms. The summed E-state index contributed by atoms with van der Waals surface area (Å²) in [4.78, 5) is 28.5. The summed E-state index contributed by atoms with van der Waals surface area (Å²) in [5.74, 6) is 0.758. The quantitative estimate of drug-likeness (QED) is 0.884. The van der Waals surface area contributed by atoms with Crippen LogP contribution in [0.3, 0.4) is 0 Å². The minimum absolute atomic E-state index is 0.00366. The fourth-order valence-electron chi connectivity index (χ4n) is 3.13. The largest absolute Gasteiger partial charge is 0.352 e. The number of hydrogen-bond acceptors (Lipinski definition) is 3. The molecule has 2 aliphatic rings. The van der Waals surface area contributed by atoms with Crippen molar-refractivity contribution in [1.82, 2.24) is 15.1 Å². The lowest BCUT2D eigenvalue weighted by Gasteiger charge is -2.34. The molecule has 0 spiro atoms. The molecule has 5 nitrogen and oxygen atoms in total. The lowest BCUT2D eigenvalue weighted by molar-refractivity contribution is -0.123. The van der Waals surface area contributed by atoms with Crippen molar-refractivity contribution in [3.8, 4) is 0 Å². The third-order valence-corrected chi connectivity index (χ3v) is 5.05. The van der Waals surface area contributed by atoms with E-state index in [0.29, 0.717) is 36.1 Å². The summed E-state index contributed by atoms with van der Waals surface area (Å²) < 4.78 is 0. The second kappa shape index (κ2) is 7.53. The maximum Gasteiger partial charge on any atom is 0.253 e. The van der Waals surface area contributed by atoms with Gasteiger partial charge in [-0.3, -0.25) is 14.5 Å². The normalized spacial score (nSPS) is 19.8. The zero-order valence-electron chi connectivity index (χ0n) is 14.0. The van der Waals surface area contributed by atoms with E-state index in [1.54, 1.807) is 24.3 Å². The number of carbonyl (C=O) groups is 2. The maximum absolute atomic E-state index is 12.5. The molecule has 2 amide bonds. The fourth-order valence-corrected chi connectivity index (χ4v) is 3.32. The number of carbonyl (C=O) groups excluding carboxylic acids is 2. The summed E-state index contributed by atoms with van der Waals surface area (Å²) in [6, 6.07) is 7.31. The van der Waals surface area contributed by atoms with Crippen LogP contribution in [0.25, 0.3) is 0 Å². The number of rotatable bonds is 5. The number of nitrogens with zero attached hydrogens (tertiary/aromatic N) is 2. The van der Waals surface area contributed by atoms with Gasteiger partial charge in [-0.05, 0) is 43.9 Å². The fraction of sp³-hybridized carbons (Fsp3) is 0.556. The van der Waals surface area contributed by atoms with Gasteiger partial charge < -0.3 is 10.2 Å². The van der Waals surface area contributed by atoms with Crippen molar-refractivity contribution in [3.05, 3.63) is 34.9 Å². The summed E-state index contributed by atoms with van der Waals surface area (Å²) in [5.41, 5.74) is 0.618. The van der Waals surface area contributed by atoms with Crippen molar-refractivity contribution in [2.45, 2.75) is 25.8 Å². The molecule has 1 heterocycles.